The van der Waals surface area contributed by atoms with Crippen LogP contribution in [0.2, 0.25) is 5.02 Å². The number of benzene rings is 1. The highest BCUT2D eigenvalue weighted by Crippen LogP contribution is 2.38. The number of hydrogen-bond acceptors (Lipinski definition) is 14. The standard InChI is InChI=1S/C26H30ClN10O8P/c1-3-30-23-24-31-13-16(12-29)37(24)35-25(34-23)32-18-9-15(11-28)10-19(22(18)27)36-7-6-17(33-26(39)43-2)20(14-36)45-21(38)5-4-8-44-46(40,41)42/h9-10,13,17,20H,3-8,14H2,1-2H3,(H,33,39)(H2,40,41,42)(H2,30,32,34,35)/t17-,20-/m1/s1. The van der Waals surface area contributed by atoms with Gasteiger partial charge < -0.3 is 40.1 Å². The molecular formula is C26H30ClN10O8P. The third-order valence-corrected chi connectivity index (χ3v) is 7.62. The van der Waals surface area contributed by atoms with Crippen molar-refractivity contribution >= 4 is 60.3 Å². The Balaban J connectivity index is 1.60. The van der Waals surface area contributed by atoms with Crippen molar-refractivity contribution in [3.05, 3.63) is 34.6 Å². The predicted octanol–water partition coefficient (Wildman–Crippen LogP) is 2.43. The van der Waals surface area contributed by atoms with Crippen molar-refractivity contribution in [1.29, 1.82) is 10.5 Å². The number of halogens is 1. The summed E-state index contributed by atoms with van der Waals surface area (Å²) in [6.45, 7) is 2.41. The van der Waals surface area contributed by atoms with Gasteiger partial charge in [0.1, 0.15) is 12.2 Å². The third-order valence-electron chi connectivity index (χ3n) is 6.71. The van der Waals surface area contributed by atoms with Gasteiger partial charge in [0.25, 0.3) is 0 Å². The SMILES string of the molecule is CCNc1nc(Nc2cc(C#N)cc(N3CC[C@@H](NC(=O)OC)[C@H](OC(=O)CCCOP(=O)(O)O)C3)c2Cl)nn2c(C#N)cnc12. The van der Waals surface area contributed by atoms with Crippen LogP contribution in [0.3, 0.4) is 0 Å². The van der Waals surface area contributed by atoms with Crippen LogP contribution in [-0.4, -0.2) is 86.9 Å². The van der Waals surface area contributed by atoms with Gasteiger partial charge in [-0.05, 0) is 31.9 Å². The van der Waals surface area contributed by atoms with E-state index in [2.05, 4.69) is 41.6 Å². The molecule has 1 saturated heterocycles. The topological polar surface area (TPSA) is 249 Å². The maximum Gasteiger partial charge on any atom is 0.469 e. The maximum atomic E-state index is 12.6. The van der Waals surface area contributed by atoms with E-state index < -0.39 is 32.0 Å². The molecule has 18 nitrogen and oxygen atoms in total. The molecule has 20 heteroatoms. The zero-order valence-electron chi connectivity index (χ0n) is 24.6. The van der Waals surface area contributed by atoms with Crippen LogP contribution >= 0.6 is 19.4 Å². The minimum atomic E-state index is -4.68. The van der Waals surface area contributed by atoms with Crippen LogP contribution in [0.5, 0.6) is 0 Å². The lowest BCUT2D eigenvalue weighted by atomic mass is 10.0. The normalized spacial score (nSPS) is 16.3. The van der Waals surface area contributed by atoms with Gasteiger partial charge in [0.05, 0.1) is 60.5 Å². The number of nitrogens with zero attached hydrogens (tertiary/aromatic N) is 7. The fraction of sp³-hybridized carbons (Fsp3) is 0.423. The molecule has 0 aliphatic carbocycles. The second kappa shape index (κ2) is 15.0. The molecule has 5 N–H and O–H groups in total. The van der Waals surface area contributed by atoms with Crippen LogP contribution < -0.4 is 20.9 Å². The van der Waals surface area contributed by atoms with Crippen LogP contribution in [0, 0.1) is 22.7 Å². The number of ether oxygens (including phenoxy) is 2. The van der Waals surface area contributed by atoms with Crippen molar-refractivity contribution in [2.75, 3.05) is 48.9 Å². The third kappa shape index (κ3) is 8.51. The van der Waals surface area contributed by atoms with Crippen molar-refractivity contribution in [3.63, 3.8) is 0 Å². The Morgan fingerprint density at radius 2 is 2.04 bits per heavy atom. The number of nitriles is 2. The number of methoxy groups -OCH3 is 1. The molecule has 3 aromatic rings. The number of carbonyl (C=O) groups is 2. The van der Waals surface area contributed by atoms with E-state index in [-0.39, 0.29) is 53.9 Å². The van der Waals surface area contributed by atoms with Crippen LogP contribution in [0.25, 0.3) is 5.65 Å². The summed E-state index contributed by atoms with van der Waals surface area (Å²) in [5.74, 6) is -0.249. The fourth-order valence-corrected chi connectivity index (χ4v) is 5.31. The first-order chi connectivity index (χ1) is 22.0. The maximum absolute atomic E-state index is 12.6. The number of phosphoric ester groups is 1. The second-order valence-corrected chi connectivity index (χ2v) is 11.4. The van der Waals surface area contributed by atoms with Crippen LogP contribution in [0.1, 0.15) is 37.4 Å². The Morgan fingerprint density at radius 1 is 1.26 bits per heavy atom. The Hall–Kier alpha value is -4.71. The van der Waals surface area contributed by atoms with Gasteiger partial charge in [-0.1, -0.05) is 11.6 Å². The van der Waals surface area contributed by atoms with E-state index in [1.165, 1.54) is 23.9 Å². The van der Waals surface area contributed by atoms with Gasteiger partial charge in [0.15, 0.2) is 17.2 Å². The number of esters is 1. The number of alkyl carbamates (subject to hydrolysis) is 1. The first-order valence-corrected chi connectivity index (χ1v) is 15.8. The lowest BCUT2D eigenvalue weighted by Crippen LogP contribution is -2.55. The average Bonchev–Trinajstić information content (AvgIpc) is 3.44. The summed E-state index contributed by atoms with van der Waals surface area (Å²) in [4.78, 5) is 52.8. The molecule has 0 unspecified atom stereocenters. The first-order valence-electron chi connectivity index (χ1n) is 13.9. The van der Waals surface area contributed by atoms with Gasteiger partial charge in [0.2, 0.25) is 5.95 Å². The molecule has 2 atom stereocenters. The number of hydrogen-bond donors (Lipinski definition) is 5. The van der Waals surface area contributed by atoms with Gasteiger partial charge in [-0.2, -0.15) is 20.0 Å². The molecule has 244 valence electrons. The van der Waals surface area contributed by atoms with Crippen molar-refractivity contribution in [2.45, 2.75) is 38.3 Å². The zero-order chi connectivity index (χ0) is 33.4. The monoisotopic (exact) mass is 676 g/mol. The van der Waals surface area contributed by atoms with Crippen molar-refractivity contribution < 1.29 is 37.9 Å². The number of rotatable bonds is 12. The van der Waals surface area contributed by atoms with E-state index in [4.69, 9.17) is 30.9 Å². The van der Waals surface area contributed by atoms with E-state index in [0.29, 0.717) is 36.7 Å². The van der Waals surface area contributed by atoms with E-state index in [1.807, 2.05) is 13.0 Å². The van der Waals surface area contributed by atoms with Gasteiger partial charge in [-0.15, -0.1) is 5.10 Å². The van der Waals surface area contributed by atoms with Crippen LogP contribution in [0.15, 0.2) is 18.3 Å². The Morgan fingerprint density at radius 3 is 2.72 bits per heavy atom. The minimum absolute atomic E-state index is 0.0150. The predicted molar refractivity (Wildman–Crippen MR) is 162 cm³/mol. The van der Waals surface area contributed by atoms with Gasteiger partial charge >= 0.3 is 19.9 Å². The average molecular weight is 677 g/mol. The van der Waals surface area contributed by atoms with Crippen molar-refractivity contribution in [2.24, 2.45) is 0 Å². The largest absolute Gasteiger partial charge is 0.469 e. The van der Waals surface area contributed by atoms with E-state index in [0.717, 1.165) is 0 Å². The molecular weight excluding hydrogens is 647 g/mol. The lowest BCUT2D eigenvalue weighted by Gasteiger charge is -2.39. The minimum Gasteiger partial charge on any atom is -0.458 e. The van der Waals surface area contributed by atoms with E-state index >= 15 is 0 Å². The van der Waals surface area contributed by atoms with Gasteiger partial charge in [-0.25, -0.2) is 14.3 Å². The summed E-state index contributed by atoms with van der Waals surface area (Å²) in [5, 5.41) is 32.6. The molecule has 0 bridgehead atoms. The number of carbonyl (C=O) groups excluding carboxylic acids is 2. The summed E-state index contributed by atoms with van der Waals surface area (Å²) < 4.78 is 26.9. The molecule has 4 rings (SSSR count). The van der Waals surface area contributed by atoms with Gasteiger partial charge in [0, 0.05) is 19.5 Å². The number of imidazole rings is 1. The van der Waals surface area contributed by atoms with Crippen LogP contribution in [0.4, 0.5) is 27.9 Å². The Kier molecular flexibility index (Phi) is 11.2. The molecule has 46 heavy (non-hydrogen) atoms. The highest BCUT2D eigenvalue weighted by molar-refractivity contribution is 7.46. The molecule has 2 aromatic heterocycles. The van der Waals surface area contributed by atoms with E-state index in [1.54, 1.807) is 11.0 Å². The Bertz CT molecular complexity index is 1740. The highest BCUT2D eigenvalue weighted by atomic mass is 35.5. The van der Waals surface area contributed by atoms with Crippen LogP contribution in [-0.2, 0) is 23.4 Å². The molecule has 1 fully saturated rings. The number of nitrogens with one attached hydrogen (secondary N) is 3. The summed E-state index contributed by atoms with van der Waals surface area (Å²) in [7, 11) is -3.48. The Labute approximate surface area is 267 Å². The number of amides is 1. The summed E-state index contributed by atoms with van der Waals surface area (Å²) in [6.07, 6.45) is -0.165. The van der Waals surface area contributed by atoms with E-state index in [9.17, 15) is 24.7 Å². The molecule has 0 spiro atoms. The number of anilines is 4. The van der Waals surface area contributed by atoms with Crippen molar-refractivity contribution in [3.8, 4) is 12.1 Å². The molecule has 3 heterocycles. The molecule has 0 saturated carbocycles. The summed E-state index contributed by atoms with van der Waals surface area (Å²) >= 11 is 6.86. The number of aromatic nitrogens is 4. The first kappa shape index (κ1) is 34.2. The number of phosphoric acid groups is 1. The highest BCUT2D eigenvalue weighted by Gasteiger charge is 2.35. The zero-order valence-corrected chi connectivity index (χ0v) is 26.3. The molecule has 0 radical (unpaired) electrons. The smallest absolute Gasteiger partial charge is 0.458 e. The fourth-order valence-electron chi connectivity index (χ4n) is 4.67. The summed E-state index contributed by atoms with van der Waals surface area (Å²) in [6, 6.07) is 6.56. The summed E-state index contributed by atoms with van der Waals surface area (Å²) in [5.41, 5.74) is 1.47. The number of fused-ring (bicyclic) bond motifs is 1. The van der Waals surface area contributed by atoms with Crippen molar-refractivity contribution in [1.82, 2.24) is 24.9 Å². The molecule has 1 aromatic carbocycles. The molecule has 1 amide bonds. The molecule has 1 aliphatic rings. The lowest BCUT2D eigenvalue weighted by molar-refractivity contribution is -0.151. The van der Waals surface area contributed by atoms with Gasteiger partial charge in [-0.3, -0.25) is 9.32 Å². The molecule has 1 aliphatic heterocycles. The second-order valence-electron chi connectivity index (χ2n) is 9.83. The number of piperidine rings is 1. The quantitative estimate of drug-likeness (QED) is 0.105.